The Labute approximate surface area is 197 Å². The number of quaternary nitrogens is 1. The molecule has 10 nitrogen and oxygen atoms in total. The quantitative estimate of drug-likeness (QED) is 0.417. The number of hydrogen-bond acceptors (Lipinski definition) is 7. The van der Waals surface area contributed by atoms with Crippen molar-refractivity contribution in [2.75, 3.05) is 17.6 Å². The van der Waals surface area contributed by atoms with E-state index in [-0.39, 0.29) is 35.4 Å². The van der Waals surface area contributed by atoms with Crippen LogP contribution >= 0.6 is 0 Å². The van der Waals surface area contributed by atoms with E-state index in [0.717, 1.165) is 44.2 Å². The zero-order valence-electron chi connectivity index (χ0n) is 19.4. The first-order valence-electron chi connectivity index (χ1n) is 11.6. The number of nitrogens with two attached hydrogens (primary N) is 1. The lowest BCUT2D eigenvalue weighted by molar-refractivity contribution is -0.316. The Balaban J connectivity index is 0.00000274. The summed E-state index contributed by atoms with van der Waals surface area (Å²) in [6.07, 6.45) is 5.49. The molecule has 2 saturated carbocycles. The molecular weight excluding hydrogens is 436 g/mol. The molecule has 2 heterocycles. The Morgan fingerprint density at radius 2 is 2.00 bits per heavy atom. The van der Waals surface area contributed by atoms with Crippen LogP contribution in [-0.4, -0.2) is 33.9 Å². The number of aryl methyl sites for hydroxylation is 1. The van der Waals surface area contributed by atoms with Crippen LogP contribution in [0.5, 0.6) is 0 Å². The fraction of sp³-hybridized carbons (Fsp3) is 0.500. The van der Waals surface area contributed by atoms with E-state index in [0.29, 0.717) is 35.7 Å². The van der Waals surface area contributed by atoms with Gasteiger partial charge in [0.05, 0.1) is 17.1 Å². The van der Waals surface area contributed by atoms with Crippen molar-refractivity contribution >= 4 is 23.6 Å². The predicted molar refractivity (Wildman–Crippen MR) is 126 cm³/mol. The molecule has 182 valence electrons. The molecule has 1 aromatic heterocycles. The number of aromatic nitrogens is 2. The maximum absolute atomic E-state index is 12.8. The topological polar surface area (TPSA) is 190 Å². The van der Waals surface area contributed by atoms with Crippen molar-refractivity contribution in [2.45, 2.75) is 50.5 Å². The molecule has 0 saturated heterocycles. The Bertz CT molecular complexity index is 1150. The molecule has 4 atom stereocenters. The number of benzene rings is 1. The van der Waals surface area contributed by atoms with E-state index in [9.17, 15) is 19.5 Å². The van der Waals surface area contributed by atoms with Crippen LogP contribution in [0.25, 0.3) is 0 Å². The predicted octanol–water partition coefficient (Wildman–Crippen LogP) is 0.984. The summed E-state index contributed by atoms with van der Waals surface area (Å²) in [5.74, 6) is -0.249. The molecular formula is C24H32N6O4. The number of carboxylic acids is 1. The molecule has 3 aliphatic rings. The third-order valence-electron chi connectivity index (χ3n) is 7.69. The maximum atomic E-state index is 12.8. The van der Waals surface area contributed by atoms with Gasteiger partial charge in [-0.3, -0.25) is 14.6 Å². The lowest BCUT2D eigenvalue weighted by Crippen LogP contribution is -2.62. The summed E-state index contributed by atoms with van der Waals surface area (Å²) in [4.78, 5) is 43.6. The van der Waals surface area contributed by atoms with Gasteiger partial charge in [-0.2, -0.15) is 4.98 Å². The number of carbonyl (C=O) groups is 2. The molecule has 1 aromatic carbocycles. The first kappa shape index (κ1) is 23.7. The summed E-state index contributed by atoms with van der Waals surface area (Å²) < 4.78 is 0. The highest BCUT2D eigenvalue weighted by Gasteiger charge is 2.52. The minimum Gasteiger partial charge on any atom is -0.548 e. The number of H-pyrrole nitrogens is 1. The smallest absolute Gasteiger partial charge is 0.257 e. The van der Waals surface area contributed by atoms with Gasteiger partial charge in [0.15, 0.2) is 0 Å². The molecule has 9 N–H and O–H groups in total. The van der Waals surface area contributed by atoms with Gasteiger partial charge in [-0.15, -0.1) is 0 Å². The van der Waals surface area contributed by atoms with Crippen LogP contribution in [0.4, 0.5) is 11.8 Å². The van der Waals surface area contributed by atoms with E-state index in [1.165, 1.54) is 0 Å². The number of nitrogens with one attached hydrogen (secondary N) is 3. The van der Waals surface area contributed by atoms with E-state index in [4.69, 9.17) is 5.73 Å². The summed E-state index contributed by atoms with van der Waals surface area (Å²) in [5.41, 5.74) is 6.33. The third-order valence-corrected chi connectivity index (χ3v) is 7.69. The summed E-state index contributed by atoms with van der Waals surface area (Å²) >= 11 is 0. The molecule has 1 aliphatic heterocycles. The van der Waals surface area contributed by atoms with Crippen molar-refractivity contribution in [3.63, 3.8) is 0 Å². The van der Waals surface area contributed by atoms with Gasteiger partial charge in [0.1, 0.15) is 5.82 Å². The fourth-order valence-corrected chi connectivity index (χ4v) is 5.91. The average Bonchev–Trinajstić information content (AvgIpc) is 3.40. The monoisotopic (exact) mass is 468 g/mol. The zero-order chi connectivity index (χ0) is 23.2. The number of fused-ring (bicyclic) bond motifs is 3. The van der Waals surface area contributed by atoms with Gasteiger partial charge in [0.25, 0.3) is 11.5 Å². The summed E-state index contributed by atoms with van der Waals surface area (Å²) in [5, 5.41) is 17.9. The SMILES string of the molecule is Nc1nc2c(c(=O)[nH]1)CC(CCc1ccc(C(=O)NC3(C(=O)[O-])CC4CCC3C4)cc1)CN2.[NH4+]. The molecule has 0 spiro atoms. The van der Waals surface area contributed by atoms with E-state index in [2.05, 4.69) is 20.6 Å². The van der Waals surface area contributed by atoms with Gasteiger partial charge in [0, 0.05) is 12.1 Å². The van der Waals surface area contributed by atoms with Crippen molar-refractivity contribution in [3.05, 3.63) is 51.3 Å². The molecule has 2 bridgehead atoms. The van der Waals surface area contributed by atoms with Gasteiger partial charge in [-0.25, -0.2) is 0 Å². The maximum Gasteiger partial charge on any atom is 0.257 e. The van der Waals surface area contributed by atoms with Crippen LogP contribution in [-0.2, 0) is 17.6 Å². The Kier molecular flexibility index (Phi) is 6.35. The highest BCUT2D eigenvalue weighted by Crippen LogP contribution is 2.50. The normalized spacial score (nSPS) is 26.8. The lowest BCUT2D eigenvalue weighted by atomic mass is 9.80. The molecule has 5 rings (SSSR count). The van der Waals surface area contributed by atoms with E-state index < -0.39 is 11.5 Å². The minimum absolute atomic E-state index is 0. The molecule has 34 heavy (non-hydrogen) atoms. The second kappa shape index (κ2) is 9.09. The molecule has 10 heteroatoms. The van der Waals surface area contributed by atoms with Crippen LogP contribution in [0.3, 0.4) is 0 Å². The highest BCUT2D eigenvalue weighted by atomic mass is 16.4. The third kappa shape index (κ3) is 4.25. The lowest BCUT2D eigenvalue weighted by Gasteiger charge is -2.39. The molecule has 2 fully saturated rings. The van der Waals surface area contributed by atoms with Crippen LogP contribution in [0.15, 0.2) is 29.1 Å². The van der Waals surface area contributed by atoms with Gasteiger partial charge in [-0.1, -0.05) is 12.1 Å². The molecule has 2 aliphatic carbocycles. The van der Waals surface area contributed by atoms with Crippen molar-refractivity contribution in [3.8, 4) is 0 Å². The van der Waals surface area contributed by atoms with Crippen LogP contribution in [0.1, 0.15) is 53.6 Å². The minimum atomic E-state index is -1.24. The van der Waals surface area contributed by atoms with Crippen LogP contribution < -0.4 is 33.2 Å². The Hall–Kier alpha value is -3.40. The van der Waals surface area contributed by atoms with Crippen LogP contribution in [0, 0.1) is 17.8 Å². The molecule has 2 aromatic rings. The first-order valence-corrected chi connectivity index (χ1v) is 11.6. The number of carboxylic acid groups (broad SMARTS) is 1. The van der Waals surface area contributed by atoms with Gasteiger partial charge in [0.2, 0.25) is 5.95 Å². The van der Waals surface area contributed by atoms with Crippen molar-refractivity contribution in [2.24, 2.45) is 17.8 Å². The van der Waals surface area contributed by atoms with Gasteiger partial charge < -0.3 is 32.4 Å². The second-order valence-corrected chi connectivity index (χ2v) is 9.76. The van der Waals surface area contributed by atoms with E-state index >= 15 is 0 Å². The number of aliphatic carboxylic acids is 1. The fourth-order valence-electron chi connectivity index (χ4n) is 5.91. The number of rotatable bonds is 6. The summed E-state index contributed by atoms with van der Waals surface area (Å²) in [6, 6.07) is 7.29. The highest BCUT2D eigenvalue weighted by molar-refractivity contribution is 5.98. The first-order chi connectivity index (χ1) is 15.8. The number of nitrogens with zero attached hydrogens (tertiary/aromatic N) is 1. The molecule has 4 unspecified atom stereocenters. The Morgan fingerprint density at radius 3 is 2.65 bits per heavy atom. The van der Waals surface area contributed by atoms with Gasteiger partial charge in [-0.05, 0) is 80.4 Å². The van der Waals surface area contributed by atoms with E-state index in [1.807, 2.05) is 12.1 Å². The molecule has 0 radical (unpaired) electrons. The number of nitrogen functional groups attached to an aromatic ring is 1. The number of hydrogen-bond donors (Lipinski definition) is 5. The summed E-state index contributed by atoms with van der Waals surface area (Å²) in [6.45, 7) is 0.719. The van der Waals surface area contributed by atoms with E-state index in [1.54, 1.807) is 12.1 Å². The van der Waals surface area contributed by atoms with Crippen molar-refractivity contribution in [1.82, 2.24) is 21.4 Å². The van der Waals surface area contributed by atoms with Crippen molar-refractivity contribution < 1.29 is 14.7 Å². The second-order valence-electron chi connectivity index (χ2n) is 9.76. The molecule has 1 amide bonds. The van der Waals surface area contributed by atoms with Gasteiger partial charge >= 0.3 is 0 Å². The van der Waals surface area contributed by atoms with Crippen molar-refractivity contribution in [1.29, 1.82) is 0 Å². The van der Waals surface area contributed by atoms with Crippen LogP contribution in [0.2, 0.25) is 0 Å². The average molecular weight is 469 g/mol. The number of carbonyl (C=O) groups excluding carboxylic acids is 2. The Morgan fingerprint density at radius 1 is 1.24 bits per heavy atom. The number of anilines is 2. The number of aromatic amines is 1. The zero-order valence-corrected chi connectivity index (χ0v) is 19.4. The largest absolute Gasteiger partial charge is 0.548 e. The number of amides is 1. The summed E-state index contributed by atoms with van der Waals surface area (Å²) in [7, 11) is 0. The standard InChI is InChI=1S/C24H29N5O4.H3N/c25-23-27-19-18(21(31)28-23)10-15(12-26-19)2-1-13-3-6-16(7-4-13)20(30)29-24(22(32)33)11-14-5-8-17(24)9-14;/h3-4,6-7,14-15,17H,1-2,5,8-12H2,(H,29,30)(H,32,33)(H4,25,26,27,28,31);1H3.